The van der Waals surface area contributed by atoms with E-state index in [9.17, 15) is 13.2 Å². The van der Waals surface area contributed by atoms with Crippen molar-refractivity contribution in [2.75, 3.05) is 6.54 Å². The second kappa shape index (κ2) is 7.30. The van der Waals surface area contributed by atoms with Gasteiger partial charge in [0.05, 0.1) is 0 Å². The number of halogens is 3. The molecule has 1 saturated carbocycles. The summed E-state index contributed by atoms with van der Waals surface area (Å²) in [6, 6.07) is 2.17. The Morgan fingerprint density at radius 1 is 1.14 bits per heavy atom. The van der Waals surface area contributed by atoms with Gasteiger partial charge in [0.25, 0.3) is 0 Å². The van der Waals surface area contributed by atoms with Gasteiger partial charge < -0.3 is 5.32 Å². The van der Waals surface area contributed by atoms with Gasteiger partial charge in [0.1, 0.15) is 0 Å². The first kappa shape index (κ1) is 16.3. The predicted molar refractivity (Wildman–Crippen MR) is 78.5 cm³/mol. The van der Waals surface area contributed by atoms with Crippen LogP contribution in [0, 0.1) is 29.3 Å². The van der Waals surface area contributed by atoms with Gasteiger partial charge in [-0.3, -0.25) is 0 Å². The molecule has 1 aromatic rings. The van der Waals surface area contributed by atoms with Crippen LogP contribution >= 0.6 is 0 Å². The normalized spacial score (nSPS) is 24.0. The zero-order valence-corrected chi connectivity index (χ0v) is 12.8. The van der Waals surface area contributed by atoms with Crippen molar-refractivity contribution in [2.45, 2.75) is 52.0 Å². The number of nitrogens with one attached hydrogen (secondary N) is 1. The van der Waals surface area contributed by atoms with Crippen LogP contribution in [0.5, 0.6) is 0 Å². The molecule has 0 aromatic heterocycles. The van der Waals surface area contributed by atoms with Gasteiger partial charge in [0, 0.05) is 11.6 Å². The van der Waals surface area contributed by atoms with Gasteiger partial charge in [0.15, 0.2) is 17.5 Å². The Bertz CT molecular complexity index is 475. The molecule has 0 spiro atoms. The summed E-state index contributed by atoms with van der Waals surface area (Å²) >= 11 is 0. The molecule has 3 unspecified atom stereocenters. The lowest BCUT2D eigenvalue weighted by Gasteiger charge is -2.35. The highest BCUT2D eigenvalue weighted by molar-refractivity contribution is 5.24. The molecule has 0 bridgehead atoms. The van der Waals surface area contributed by atoms with E-state index in [0.717, 1.165) is 31.7 Å². The highest BCUT2D eigenvalue weighted by Gasteiger charge is 2.31. The largest absolute Gasteiger partial charge is 0.310 e. The molecule has 1 aliphatic rings. The molecule has 3 atom stereocenters. The van der Waals surface area contributed by atoms with Crippen LogP contribution < -0.4 is 5.32 Å². The molecule has 1 aliphatic carbocycles. The Labute approximate surface area is 124 Å². The second-order valence-corrected chi connectivity index (χ2v) is 6.00. The van der Waals surface area contributed by atoms with E-state index in [-0.39, 0.29) is 17.5 Å². The van der Waals surface area contributed by atoms with Crippen molar-refractivity contribution in [1.29, 1.82) is 0 Å². The monoisotopic (exact) mass is 299 g/mol. The van der Waals surface area contributed by atoms with Gasteiger partial charge in [-0.1, -0.05) is 39.2 Å². The molecular formula is C17H24F3N. The Morgan fingerprint density at radius 3 is 2.57 bits per heavy atom. The van der Waals surface area contributed by atoms with Crippen molar-refractivity contribution in [3.63, 3.8) is 0 Å². The van der Waals surface area contributed by atoms with Crippen LogP contribution in [0.3, 0.4) is 0 Å². The summed E-state index contributed by atoms with van der Waals surface area (Å²) in [5.41, 5.74) is 0.262. The SMILES string of the molecule is CCNC(c1ccc(F)c(F)c1F)C1CCCC(CC)C1. The van der Waals surface area contributed by atoms with Crippen LogP contribution in [0.2, 0.25) is 0 Å². The molecular weight excluding hydrogens is 275 g/mol. The molecule has 21 heavy (non-hydrogen) atoms. The molecule has 0 radical (unpaired) electrons. The first-order valence-electron chi connectivity index (χ1n) is 7.95. The van der Waals surface area contributed by atoms with Gasteiger partial charge in [-0.2, -0.15) is 0 Å². The number of hydrogen-bond acceptors (Lipinski definition) is 1. The number of rotatable bonds is 5. The average molecular weight is 299 g/mol. The summed E-state index contributed by atoms with van der Waals surface area (Å²) < 4.78 is 40.8. The van der Waals surface area contributed by atoms with Gasteiger partial charge in [0.2, 0.25) is 0 Å². The summed E-state index contributed by atoms with van der Waals surface area (Å²) in [5, 5.41) is 3.27. The van der Waals surface area contributed by atoms with E-state index in [2.05, 4.69) is 12.2 Å². The molecule has 0 aliphatic heterocycles. The van der Waals surface area contributed by atoms with Crippen LogP contribution in [-0.2, 0) is 0 Å². The third-order valence-electron chi connectivity index (χ3n) is 4.70. The van der Waals surface area contributed by atoms with E-state index in [0.29, 0.717) is 12.5 Å². The quantitative estimate of drug-likeness (QED) is 0.757. The molecule has 2 rings (SSSR count). The van der Waals surface area contributed by atoms with E-state index in [1.165, 1.54) is 12.5 Å². The third kappa shape index (κ3) is 3.60. The minimum Gasteiger partial charge on any atom is -0.310 e. The highest BCUT2D eigenvalue weighted by Crippen LogP contribution is 2.39. The van der Waals surface area contributed by atoms with Gasteiger partial charge in [-0.25, -0.2) is 13.2 Å². The van der Waals surface area contributed by atoms with E-state index < -0.39 is 17.5 Å². The van der Waals surface area contributed by atoms with Crippen LogP contribution in [-0.4, -0.2) is 6.54 Å². The standard InChI is InChI=1S/C17H24F3N/c1-3-11-6-5-7-12(10-11)17(21-4-2)13-8-9-14(18)16(20)15(13)19/h8-9,11-12,17,21H,3-7,10H2,1-2H3. The molecule has 1 nitrogen and oxygen atoms in total. The minimum absolute atomic E-state index is 0.237. The van der Waals surface area contributed by atoms with E-state index in [1.54, 1.807) is 0 Å². The fraction of sp³-hybridized carbons (Fsp3) is 0.647. The predicted octanol–water partition coefficient (Wildman–Crippen LogP) is 4.97. The maximum atomic E-state index is 14.1. The second-order valence-electron chi connectivity index (χ2n) is 6.00. The summed E-state index contributed by atoms with van der Waals surface area (Å²) in [5.74, 6) is -2.60. The lowest BCUT2D eigenvalue weighted by Crippen LogP contribution is -2.32. The summed E-state index contributed by atoms with van der Waals surface area (Å²) in [4.78, 5) is 0. The van der Waals surface area contributed by atoms with E-state index in [4.69, 9.17) is 0 Å². The van der Waals surface area contributed by atoms with Crippen molar-refractivity contribution in [1.82, 2.24) is 5.32 Å². The summed E-state index contributed by atoms with van der Waals surface area (Å²) in [6.45, 7) is 4.80. The van der Waals surface area contributed by atoms with Crippen LogP contribution in [0.15, 0.2) is 12.1 Å². The fourth-order valence-corrected chi connectivity index (χ4v) is 3.54. The molecule has 4 heteroatoms. The molecule has 1 aromatic carbocycles. The minimum atomic E-state index is -1.36. The Morgan fingerprint density at radius 2 is 1.90 bits per heavy atom. The maximum Gasteiger partial charge on any atom is 0.194 e. The van der Waals surface area contributed by atoms with Crippen molar-refractivity contribution in [2.24, 2.45) is 11.8 Å². The van der Waals surface area contributed by atoms with Crippen LogP contribution in [0.25, 0.3) is 0 Å². The van der Waals surface area contributed by atoms with E-state index in [1.807, 2.05) is 6.92 Å². The molecule has 0 saturated heterocycles. The maximum absolute atomic E-state index is 14.1. The zero-order chi connectivity index (χ0) is 15.4. The molecule has 0 amide bonds. The zero-order valence-electron chi connectivity index (χ0n) is 12.8. The molecule has 1 fully saturated rings. The van der Waals surface area contributed by atoms with Crippen LogP contribution in [0.1, 0.15) is 57.6 Å². The van der Waals surface area contributed by atoms with Crippen molar-refractivity contribution in [3.05, 3.63) is 35.1 Å². The molecule has 0 heterocycles. The molecule has 1 N–H and O–H groups in total. The Hall–Kier alpha value is -1.03. The smallest absolute Gasteiger partial charge is 0.194 e. The first-order chi connectivity index (χ1) is 10.1. The first-order valence-corrected chi connectivity index (χ1v) is 7.95. The Balaban J connectivity index is 2.28. The summed E-state index contributed by atoms with van der Waals surface area (Å²) in [6.07, 6.45) is 5.48. The van der Waals surface area contributed by atoms with Crippen LogP contribution in [0.4, 0.5) is 13.2 Å². The van der Waals surface area contributed by atoms with Gasteiger partial charge >= 0.3 is 0 Å². The number of hydrogen-bond donors (Lipinski definition) is 1. The van der Waals surface area contributed by atoms with Gasteiger partial charge in [-0.15, -0.1) is 0 Å². The third-order valence-corrected chi connectivity index (χ3v) is 4.70. The fourth-order valence-electron chi connectivity index (χ4n) is 3.54. The number of benzene rings is 1. The Kier molecular flexibility index (Phi) is 5.68. The molecule has 118 valence electrons. The lowest BCUT2D eigenvalue weighted by molar-refractivity contribution is 0.207. The highest BCUT2D eigenvalue weighted by atomic mass is 19.2. The van der Waals surface area contributed by atoms with Crippen molar-refractivity contribution < 1.29 is 13.2 Å². The average Bonchev–Trinajstić information content (AvgIpc) is 2.51. The van der Waals surface area contributed by atoms with Gasteiger partial charge in [-0.05, 0) is 37.3 Å². The van der Waals surface area contributed by atoms with Crippen molar-refractivity contribution >= 4 is 0 Å². The van der Waals surface area contributed by atoms with Crippen molar-refractivity contribution in [3.8, 4) is 0 Å². The topological polar surface area (TPSA) is 12.0 Å². The summed E-state index contributed by atoms with van der Waals surface area (Å²) in [7, 11) is 0. The lowest BCUT2D eigenvalue weighted by atomic mass is 9.75. The van der Waals surface area contributed by atoms with E-state index >= 15 is 0 Å².